The van der Waals surface area contributed by atoms with Crippen molar-refractivity contribution < 1.29 is 22.8 Å². The molecule has 1 aromatic heterocycles. The van der Waals surface area contributed by atoms with Gasteiger partial charge in [0.05, 0.1) is 26.4 Å². The van der Waals surface area contributed by atoms with Gasteiger partial charge in [0.25, 0.3) is 5.91 Å². The second kappa shape index (κ2) is 11.2. The Hall–Kier alpha value is -3.63. The number of thiazole rings is 1. The lowest BCUT2D eigenvalue weighted by molar-refractivity contribution is -0.137. The normalized spacial score (nSPS) is 14.4. The van der Waals surface area contributed by atoms with E-state index in [-0.39, 0.29) is 11.9 Å². The Balaban J connectivity index is 1.12. The number of hydrogen-bond donors (Lipinski definition) is 2. The summed E-state index contributed by atoms with van der Waals surface area (Å²) in [6.07, 6.45) is -2.11. The second-order valence-electron chi connectivity index (χ2n) is 9.39. The van der Waals surface area contributed by atoms with Crippen LogP contribution in [0.2, 0.25) is 5.02 Å². The lowest BCUT2D eigenvalue weighted by Crippen LogP contribution is -2.41. The summed E-state index contributed by atoms with van der Waals surface area (Å²) in [4.78, 5) is 31.4. The predicted octanol–water partition coefficient (Wildman–Crippen LogP) is 7.71. The van der Waals surface area contributed by atoms with Crippen molar-refractivity contribution >= 4 is 55.9 Å². The molecule has 2 N–H and O–H groups in total. The largest absolute Gasteiger partial charge is 0.416 e. The third-order valence-corrected chi connectivity index (χ3v) is 7.95. The van der Waals surface area contributed by atoms with Crippen LogP contribution in [-0.2, 0) is 12.6 Å². The SMILES string of the molecule is O=C(Nc1nc2ccccc2s1)c1ccc(CC2CCN(C(=O)Nc3ccc(C(F)(F)F)cc3)CC2)cc1Cl. The molecule has 6 nitrogen and oxygen atoms in total. The number of alkyl halides is 3. The van der Waals surface area contributed by atoms with Crippen LogP contribution in [0.15, 0.2) is 66.7 Å². The number of anilines is 2. The van der Waals surface area contributed by atoms with Crippen LogP contribution in [0.25, 0.3) is 10.2 Å². The maximum absolute atomic E-state index is 12.8. The fraction of sp³-hybridized carbons (Fsp3) is 0.250. The van der Waals surface area contributed by atoms with Crippen LogP contribution in [0.3, 0.4) is 0 Å². The number of aromatic nitrogens is 1. The standard InChI is InChI=1S/C28H24ClF3N4O2S/c29-22-16-18(5-10-21(22)25(37)35-26-34-23-3-1-2-4-24(23)39-26)15-17-11-13-36(14-12-17)27(38)33-20-8-6-19(7-9-20)28(30,31)32/h1-10,16-17H,11-15H2,(H,33,38)(H,34,35,37). The average molecular weight is 573 g/mol. The van der Waals surface area contributed by atoms with Crippen molar-refractivity contribution in [2.45, 2.75) is 25.4 Å². The van der Waals surface area contributed by atoms with Crippen molar-refractivity contribution in [3.8, 4) is 0 Å². The van der Waals surface area contributed by atoms with Gasteiger partial charge in [-0.05, 0) is 79.3 Å². The highest BCUT2D eigenvalue weighted by atomic mass is 35.5. The van der Waals surface area contributed by atoms with Gasteiger partial charge >= 0.3 is 12.2 Å². The van der Waals surface area contributed by atoms with Crippen LogP contribution in [-0.4, -0.2) is 34.9 Å². The molecule has 1 aliphatic rings. The van der Waals surface area contributed by atoms with Gasteiger partial charge in [0.15, 0.2) is 5.13 Å². The maximum Gasteiger partial charge on any atom is 0.416 e. The zero-order valence-electron chi connectivity index (χ0n) is 20.6. The number of benzene rings is 3. The molecule has 0 bridgehead atoms. The molecule has 0 radical (unpaired) electrons. The first-order valence-corrected chi connectivity index (χ1v) is 13.5. The molecular formula is C28H24ClF3N4O2S. The van der Waals surface area contributed by atoms with E-state index >= 15 is 0 Å². The van der Waals surface area contributed by atoms with Crippen molar-refractivity contribution in [2.75, 3.05) is 23.7 Å². The summed E-state index contributed by atoms with van der Waals surface area (Å²) in [5, 5.41) is 6.36. The number of likely N-dealkylation sites (tertiary alicyclic amines) is 1. The van der Waals surface area contributed by atoms with E-state index in [9.17, 15) is 22.8 Å². The minimum Gasteiger partial charge on any atom is -0.325 e. The van der Waals surface area contributed by atoms with Gasteiger partial charge in [0, 0.05) is 18.8 Å². The smallest absolute Gasteiger partial charge is 0.325 e. The number of fused-ring (bicyclic) bond motifs is 1. The number of carbonyl (C=O) groups is 2. The summed E-state index contributed by atoms with van der Waals surface area (Å²) in [6, 6.07) is 17.1. The molecule has 5 rings (SSSR count). The van der Waals surface area contributed by atoms with Gasteiger partial charge < -0.3 is 10.2 Å². The summed E-state index contributed by atoms with van der Waals surface area (Å²) >= 11 is 7.86. The summed E-state index contributed by atoms with van der Waals surface area (Å²) in [7, 11) is 0. The highest BCUT2D eigenvalue weighted by Gasteiger charge is 2.30. The fourth-order valence-electron chi connectivity index (χ4n) is 4.58. The molecule has 0 spiro atoms. The molecule has 39 heavy (non-hydrogen) atoms. The van der Waals surface area contributed by atoms with E-state index in [1.54, 1.807) is 17.0 Å². The lowest BCUT2D eigenvalue weighted by Gasteiger charge is -2.32. The van der Waals surface area contributed by atoms with E-state index in [2.05, 4.69) is 15.6 Å². The molecule has 0 aliphatic carbocycles. The minimum atomic E-state index is -4.42. The van der Waals surface area contributed by atoms with E-state index in [1.807, 2.05) is 30.3 Å². The van der Waals surface area contributed by atoms with Crippen molar-refractivity contribution in [1.82, 2.24) is 9.88 Å². The van der Waals surface area contributed by atoms with Crippen molar-refractivity contribution in [2.24, 2.45) is 5.92 Å². The third-order valence-electron chi connectivity index (χ3n) is 6.68. The molecule has 4 aromatic rings. The average Bonchev–Trinajstić information content (AvgIpc) is 3.31. The van der Waals surface area contributed by atoms with E-state index < -0.39 is 11.7 Å². The molecule has 3 amide bonds. The van der Waals surface area contributed by atoms with Gasteiger partial charge in [-0.15, -0.1) is 0 Å². The Labute approximate surface area is 231 Å². The molecule has 0 saturated carbocycles. The number of piperidine rings is 1. The highest BCUT2D eigenvalue weighted by Crippen LogP contribution is 2.31. The molecule has 2 heterocycles. The first-order valence-electron chi connectivity index (χ1n) is 12.3. The van der Waals surface area contributed by atoms with E-state index in [1.165, 1.54) is 23.5 Å². The molecule has 1 saturated heterocycles. The van der Waals surface area contributed by atoms with Crippen molar-refractivity contribution in [3.63, 3.8) is 0 Å². The van der Waals surface area contributed by atoms with Crippen molar-refractivity contribution in [3.05, 3.63) is 88.4 Å². The molecule has 0 atom stereocenters. The first kappa shape index (κ1) is 27.0. The van der Waals surface area contributed by atoms with Crippen LogP contribution in [0.1, 0.15) is 34.3 Å². The Morgan fingerprint density at radius 3 is 2.38 bits per heavy atom. The quantitative estimate of drug-likeness (QED) is 0.257. The second-order valence-corrected chi connectivity index (χ2v) is 10.8. The number of nitrogens with one attached hydrogen (secondary N) is 2. The molecule has 3 aromatic carbocycles. The summed E-state index contributed by atoms with van der Waals surface area (Å²) < 4.78 is 39.2. The maximum atomic E-state index is 12.8. The van der Waals surface area contributed by atoms with Gasteiger partial charge in [-0.2, -0.15) is 13.2 Å². The van der Waals surface area contributed by atoms with Crippen LogP contribution in [0.5, 0.6) is 0 Å². The number of para-hydroxylation sites is 1. The number of halogens is 4. The number of rotatable bonds is 5. The Morgan fingerprint density at radius 2 is 1.72 bits per heavy atom. The Bertz CT molecular complexity index is 1470. The van der Waals surface area contributed by atoms with E-state index in [0.717, 1.165) is 47.2 Å². The van der Waals surface area contributed by atoms with Crippen LogP contribution < -0.4 is 10.6 Å². The zero-order valence-corrected chi connectivity index (χ0v) is 22.2. The predicted molar refractivity (Wildman–Crippen MR) is 147 cm³/mol. The molecule has 1 fully saturated rings. The molecule has 11 heteroatoms. The van der Waals surface area contributed by atoms with Crippen molar-refractivity contribution in [1.29, 1.82) is 0 Å². The zero-order chi connectivity index (χ0) is 27.6. The first-order chi connectivity index (χ1) is 18.7. The van der Waals surface area contributed by atoms with Gasteiger partial charge in [-0.1, -0.05) is 41.1 Å². The number of amides is 3. The van der Waals surface area contributed by atoms with E-state index in [0.29, 0.717) is 40.4 Å². The molecule has 202 valence electrons. The van der Waals surface area contributed by atoms with Crippen LogP contribution in [0, 0.1) is 5.92 Å². The van der Waals surface area contributed by atoms with E-state index in [4.69, 9.17) is 11.6 Å². The van der Waals surface area contributed by atoms with Gasteiger partial charge in [-0.3, -0.25) is 10.1 Å². The summed E-state index contributed by atoms with van der Waals surface area (Å²) in [5.41, 5.74) is 1.75. The minimum absolute atomic E-state index is 0.317. The lowest BCUT2D eigenvalue weighted by atomic mass is 9.90. The topological polar surface area (TPSA) is 74.3 Å². The number of carbonyl (C=O) groups excluding carboxylic acids is 2. The van der Waals surface area contributed by atoms with Gasteiger partial charge in [-0.25, -0.2) is 9.78 Å². The highest BCUT2D eigenvalue weighted by molar-refractivity contribution is 7.22. The summed E-state index contributed by atoms with van der Waals surface area (Å²) in [5.74, 6) is 0.0107. The van der Waals surface area contributed by atoms with Crippen LogP contribution in [0.4, 0.5) is 28.8 Å². The van der Waals surface area contributed by atoms with Gasteiger partial charge in [0.1, 0.15) is 0 Å². The van der Waals surface area contributed by atoms with Crippen LogP contribution >= 0.6 is 22.9 Å². The Morgan fingerprint density at radius 1 is 1.00 bits per heavy atom. The monoisotopic (exact) mass is 572 g/mol. The molecular weight excluding hydrogens is 549 g/mol. The molecule has 1 aliphatic heterocycles. The van der Waals surface area contributed by atoms with Gasteiger partial charge in [0.2, 0.25) is 0 Å². The third kappa shape index (κ3) is 6.51. The number of nitrogens with zero attached hydrogens (tertiary/aromatic N) is 2. The summed E-state index contributed by atoms with van der Waals surface area (Å²) in [6.45, 7) is 1.07. The number of hydrogen-bond acceptors (Lipinski definition) is 4. The fourth-order valence-corrected chi connectivity index (χ4v) is 5.73. The Kier molecular flexibility index (Phi) is 7.76. The molecule has 0 unspecified atom stereocenters. The number of urea groups is 1.